The molecule has 0 aliphatic carbocycles. The monoisotopic (exact) mass is 259 g/mol. The molecule has 19 heavy (non-hydrogen) atoms. The van der Waals surface area contributed by atoms with Crippen molar-refractivity contribution in [3.8, 4) is 12.3 Å². The van der Waals surface area contributed by atoms with Crippen molar-refractivity contribution in [2.75, 3.05) is 32.5 Å². The molecule has 5 nitrogen and oxygen atoms in total. The van der Waals surface area contributed by atoms with Gasteiger partial charge in [0, 0.05) is 25.3 Å². The molecule has 100 valence electrons. The molecule has 0 aromatic heterocycles. The number of nitrogens with one attached hydrogen (secondary N) is 2. The van der Waals surface area contributed by atoms with Gasteiger partial charge in [-0.25, -0.2) is 0 Å². The number of hydrogen-bond acceptors (Lipinski definition) is 3. The molecule has 2 N–H and O–H groups in total. The normalized spacial score (nSPS) is 9.53. The molecule has 5 heteroatoms. The van der Waals surface area contributed by atoms with Crippen LogP contribution >= 0.6 is 0 Å². The molecule has 0 aliphatic heterocycles. The number of terminal acetylenes is 1. The van der Waals surface area contributed by atoms with Crippen molar-refractivity contribution in [3.63, 3.8) is 0 Å². The van der Waals surface area contributed by atoms with Crippen molar-refractivity contribution in [1.82, 2.24) is 10.2 Å². The molecule has 1 rings (SSSR count). The highest BCUT2D eigenvalue weighted by molar-refractivity contribution is 5.95. The predicted molar refractivity (Wildman–Crippen MR) is 74.8 cm³/mol. The number of anilines is 1. The molecule has 0 radical (unpaired) electrons. The second-order valence-electron chi connectivity index (χ2n) is 4.13. The molecule has 0 atom stereocenters. The zero-order valence-corrected chi connectivity index (χ0v) is 11.1. The van der Waals surface area contributed by atoms with Gasteiger partial charge in [0.05, 0.1) is 13.1 Å². The third-order valence-corrected chi connectivity index (χ3v) is 2.33. The van der Waals surface area contributed by atoms with Crippen LogP contribution in [0.2, 0.25) is 0 Å². The second-order valence-corrected chi connectivity index (χ2v) is 4.13. The first-order valence-corrected chi connectivity index (χ1v) is 5.80. The fourth-order valence-corrected chi connectivity index (χ4v) is 1.41. The number of benzene rings is 1. The topological polar surface area (TPSA) is 61.4 Å². The lowest BCUT2D eigenvalue weighted by Gasteiger charge is -2.11. The van der Waals surface area contributed by atoms with E-state index in [2.05, 4.69) is 16.6 Å². The van der Waals surface area contributed by atoms with Gasteiger partial charge >= 0.3 is 0 Å². The molecule has 0 fully saturated rings. The van der Waals surface area contributed by atoms with Crippen molar-refractivity contribution >= 4 is 17.5 Å². The number of carbonyl (C=O) groups is 2. The fraction of sp³-hybridized carbons (Fsp3) is 0.286. The highest BCUT2D eigenvalue weighted by atomic mass is 16.2. The highest BCUT2D eigenvalue weighted by Crippen LogP contribution is 2.10. The Bertz CT molecular complexity index is 486. The van der Waals surface area contributed by atoms with E-state index in [0.717, 1.165) is 0 Å². The predicted octanol–water partition coefficient (Wildman–Crippen LogP) is 0.550. The van der Waals surface area contributed by atoms with Gasteiger partial charge < -0.3 is 10.2 Å². The third-order valence-electron chi connectivity index (χ3n) is 2.33. The fourth-order valence-electron chi connectivity index (χ4n) is 1.41. The van der Waals surface area contributed by atoms with Crippen LogP contribution < -0.4 is 10.6 Å². The Kier molecular flexibility index (Phi) is 5.58. The first-order chi connectivity index (χ1) is 9.04. The van der Waals surface area contributed by atoms with Gasteiger partial charge in [0.1, 0.15) is 0 Å². The van der Waals surface area contributed by atoms with Crippen LogP contribution in [-0.2, 0) is 4.79 Å². The van der Waals surface area contributed by atoms with E-state index in [9.17, 15) is 9.59 Å². The van der Waals surface area contributed by atoms with E-state index in [1.807, 2.05) is 0 Å². The Morgan fingerprint density at radius 2 is 1.89 bits per heavy atom. The van der Waals surface area contributed by atoms with Crippen LogP contribution in [0.1, 0.15) is 10.4 Å². The first kappa shape index (κ1) is 14.7. The van der Waals surface area contributed by atoms with Crippen LogP contribution in [0.15, 0.2) is 24.3 Å². The molecular weight excluding hydrogens is 242 g/mol. The van der Waals surface area contributed by atoms with Crippen molar-refractivity contribution < 1.29 is 9.59 Å². The maximum absolute atomic E-state index is 11.7. The van der Waals surface area contributed by atoms with Crippen LogP contribution in [0, 0.1) is 12.3 Å². The average molecular weight is 259 g/mol. The molecule has 0 heterocycles. The summed E-state index contributed by atoms with van der Waals surface area (Å²) in [5.41, 5.74) is 1.22. The molecule has 0 saturated carbocycles. The van der Waals surface area contributed by atoms with E-state index < -0.39 is 0 Å². The SMILES string of the molecule is C#CCNCC(=O)Nc1ccc(C(=O)N(C)C)cc1. The van der Waals surface area contributed by atoms with Gasteiger partial charge in [-0.1, -0.05) is 5.92 Å². The standard InChI is InChI=1S/C14H17N3O2/c1-4-9-15-10-13(18)16-12-7-5-11(6-8-12)14(19)17(2)3/h1,5-8,15H,9-10H2,2-3H3,(H,16,18). The summed E-state index contributed by atoms with van der Waals surface area (Å²) in [4.78, 5) is 24.7. The third kappa shape index (κ3) is 4.82. The maximum Gasteiger partial charge on any atom is 0.253 e. The summed E-state index contributed by atoms with van der Waals surface area (Å²) in [7, 11) is 3.38. The van der Waals surface area contributed by atoms with E-state index in [-0.39, 0.29) is 18.4 Å². The van der Waals surface area contributed by atoms with Crippen molar-refractivity contribution in [2.24, 2.45) is 0 Å². The zero-order valence-electron chi connectivity index (χ0n) is 11.1. The summed E-state index contributed by atoms with van der Waals surface area (Å²) in [6, 6.07) is 6.73. The van der Waals surface area contributed by atoms with Gasteiger partial charge in [-0.15, -0.1) is 6.42 Å². The van der Waals surface area contributed by atoms with Gasteiger partial charge in [-0.2, -0.15) is 0 Å². The van der Waals surface area contributed by atoms with Crippen LogP contribution in [-0.4, -0.2) is 43.9 Å². The molecule has 0 saturated heterocycles. The number of carbonyl (C=O) groups excluding carboxylic acids is 2. The van der Waals surface area contributed by atoms with Gasteiger partial charge in [-0.3, -0.25) is 14.9 Å². The molecule has 0 unspecified atom stereocenters. The van der Waals surface area contributed by atoms with Crippen molar-refractivity contribution in [2.45, 2.75) is 0 Å². The zero-order chi connectivity index (χ0) is 14.3. The minimum absolute atomic E-state index is 0.0754. The van der Waals surface area contributed by atoms with Crippen molar-refractivity contribution in [3.05, 3.63) is 29.8 Å². The number of rotatable bonds is 5. The second kappa shape index (κ2) is 7.19. The minimum atomic E-state index is -0.179. The lowest BCUT2D eigenvalue weighted by molar-refractivity contribution is -0.115. The number of hydrogen-bond donors (Lipinski definition) is 2. The lowest BCUT2D eigenvalue weighted by Crippen LogP contribution is -2.28. The van der Waals surface area contributed by atoms with Crippen molar-refractivity contribution in [1.29, 1.82) is 0 Å². The van der Waals surface area contributed by atoms with Gasteiger partial charge in [0.25, 0.3) is 5.91 Å². The van der Waals surface area contributed by atoms with Gasteiger partial charge in [0.2, 0.25) is 5.91 Å². The Morgan fingerprint density at radius 3 is 2.42 bits per heavy atom. The molecule has 0 bridgehead atoms. The Balaban J connectivity index is 2.55. The Labute approximate surface area is 113 Å². The maximum atomic E-state index is 11.7. The van der Waals surface area contributed by atoms with Gasteiger partial charge in [-0.05, 0) is 24.3 Å². The molecule has 0 spiro atoms. The number of nitrogens with zero attached hydrogens (tertiary/aromatic N) is 1. The van der Waals surface area contributed by atoms with Crippen LogP contribution in [0.3, 0.4) is 0 Å². The molecule has 2 amide bonds. The summed E-state index contributed by atoms with van der Waals surface area (Å²) in [6.07, 6.45) is 5.06. The first-order valence-electron chi connectivity index (χ1n) is 5.80. The quantitative estimate of drug-likeness (QED) is 0.599. The highest BCUT2D eigenvalue weighted by Gasteiger charge is 2.07. The lowest BCUT2D eigenvalue weighted by atomic mass is 10.2. The molecule has 1 aromatic carbocycles. The number of amides is 2. The summed E-state index contributed by atoms with van der Waals surface area (Å²) >= 11 is 0. The molecule has 1 aromatic rings. The smallest absolute Gasteiger partial charge is 0.253 e. The summed E-state index contributed by atoms with van der Waals surface area (Å²) < 4.78 is 0. The average Bonchev–Trinajstić information content (AvgIpc) is 2.39. The van der Waals surface area contributed by atoms with Crippen LogP contribution in [0.5, 0.6) is 0 Å². The van der Waals surface area contributed by atoms with E-state index in [1.165, 1.54) is 4.90 Å². The van der Waals surface area contributed by atoms with Crippen LogP contribution in [0.25, 0.3) is 0 Å². The van der Waals surface area contributed by atoms with E-state index in [1.54, 1.807) is 38.4 Å². The summed E-state index contributed by atoms with van der Waals surface area (Å²) in [6.45, 7) is 0.506. The summed E-state index contributed by atoms with van der Waals surface area (Å²) in [5, 5.41) is 5.49. The minimum Gasteiger partial charge on any atom is -0.345 e. The van der Waals surface area contributed by atoms with Gasteiger partial charge in [0.15, 0.2) is 0 Å². The Hall–Kier alpha value is -2.32. The summed E-state index contributed by atoms with van der Waals surface area (Å²) in [5.74, 6) is 2.13. The van der Waals surface area contributed by atoms with E-state index in [0.29, 0.717) is 17.8 Å². The van der Waals surface area contributed by atoms with E-state index >= 15 is 0 Å². The van der Waals surface area contributed by atoms with Crippen LogP contribution in [0.4, 0.5) is 5.69 Å². The Morgan fingerprint density at radius 1 is 1.26 bits per heavy atom. The molecule has 0 aliphatic rings. The molecular formula is C14H17N3O2. The van der Waals surface area contributed by atoms with E-state index in [4.69, 9.17) is 6.42 Å². The largest absolute Gasteiger partial charge is 0.345 e.